The molecule has 1 amide bonds. The summed E-state index contributed by atoms with van der Waals surface area (Å²) in [5.41, 5.74) is 1.67. The average molecular weight is 284 g/mol. The Morgan fingerprint density at radius 3 is 3.05 bits per heavy atom. The Hall–Kier alpha value is -2.70. The standard InChI is InChI=1S/C14H16N6O/c1-10(13-15-17-18-16-13)8-19(2)14(21)11-7-12-5-3-4-6-20(12)9-11/h3-7,9-10H,8H2,1-2H3,(H,15,16,17,18)/t10-/m0/s1. The summed E-state index contributed by atoms with van der Waals surface area (Å²) in [7, 11) is 1.78. The normalized spacial score (nSPS) is 12.5. The molecule has 3 aromatic heterocycles. The molecule has 3 aromatic rings. The van der Waals surface area contributed by atoms with Gasteiger partial charge in [-0.25, -0.2) is 0 Å². The van der Waals surface area contributed by atoms with Gasteiger partial charge in [0.15, 0.2) is 5.82 Å². The Morgan fingerprint density at radius 2 is 2.33 bits per heavy atom. The fourth-order valence-corrected chi connectivity index (χ4v) is 2.35. The monoisotopic (exact) mass is 284 g/mol. The summed E-state index contributed by atoms with van der Waals surface area (Å²) in [6, 6.07) is 7.74. The first-order valence-electron chi connectivity index (χ1n) is 6.70. The maximum absolute atomic E-state index is 12.5. The zero-order chi connectivity index (χ0) is 14.8. The fraction of sp³-hybridized carbons (Fsp3) is 0.286. The molecule has 0 saturated heterocycles. The SMILES string of the molecule is C[C@@H](CN(C)C(=O)c1cc2ccccn2c1)c1nn[nH]n1. The molecule has 0 aromatic carbocycles. The molecule has 3 rings (SSSR count). The molecule has 0 fully saturated rings. The molecular weight excluding hydrogens is 268 g/mol. The van der Waals surface area contributed by atoms with E-state index in [4.69, 9.17) is 0 Å². The summed E-state index contributed by atoms with van der Waals surface area (Å²) in [6.45, 7) is 2.50. The van der Waals surface area contributed by atoms with Crippen LogP contribution in [0.1, 0.15) is 29.0 Å². The predicted octanol–water partition coefficient (Wildman–Crippen LogP) is 1.33. The largest absolute Gasteiger partial charge is 0.341 e. The van der Waals surface area contributed by atoms with Crippen molar-refractivity contribution in [1.29, 1.82) is 0 Å². The van der Waals surface area contributed by atoms with Crippen molar-refractivity contribution in [2.24, 2.45) is 0 Å². The third kappa shape index (κ3) is 2.62. The first-order chi connectivity index (χ1) is 10.1. The highest BCUT2D eigenvalue weighted by atomic mass is 16.2. The van der Waals surface area contributed by atoms with Crippen LogP contribution in [-0.2, 0) is 0 Å². The van der Waals surface area contributed by atoms with Crippen LogP contribution in [0.25, 0.3) is 5.52 Å². The van der Waals surface area contributed by atoms with Crippen LogP contribution in [0.15, 0.2) is 36.7 Å². The van der Waals surface area contributed by atoms with E-state index < -0.39 is 0 Å². The minimum atomic E-state index is -0.0194. The van der Waals surface area contributed by atoms with Gasteiger partial charge in [0.05, 0.1) is 5.56 Å². The van der Waals surface area contributed by atoms with E-state index in [0.717, 1.165) is 5.52 Å². The van der Waals surface area contributed by atoms with Crippen molar-refractivity contribution in [3.05, 3.63) is 48.0 Å². The molecule has 1 atom stereocenters. The third-order valence-electron chi connectivity index (χ3n) is 3.45. The average Bonchev–Trinajstić information content (AvgIpc) is 3.15. The fourth-order valence-electron chi connectivity index (χ4n) is 2.35. The lowest BCUT2D eigenvalue weighted by Crippen LogP contribution is -2.30. The molecule has 21 heavy (non-hydrogen) atoms. The van der Waals surface area contributed by atoms with Gasteiger partial charge in [-0.15, -0.1) is 10.2 Å². The van der Waals surface area contributed by atoms with E-state index in [0.29, 0.717) is 17.9 Å². The molecule has 0 aliphatic carbocycles. The number of hydrogen-bond donors (Lipinski definition) is 1. The zero-order valence-corrected chi connectivity index (χ0v) is 11.9. The highest BCUT2D eigenvalue weighted by Crippen LogP contribution is 2.14. The van der Waals surface area contributed by atoms with Crippen molar-refractivity contribution in [3.8, 4) is 0 Å². The Labute approximate surface area is 121 Å². The first-order valence-corrected chi connectivity index (χ1v) is 6.70. The van der Waals surface area contributed by atoms with Gasteiger partial charge >= 0.3 is 0 Å². The first kappa shape index (κ1) is 13.3. The molecule has 0 spiro atoms. The maximum atomic E-state index is 12.5. The van der Waals surface area contributed by atoms with Crippen LogP contribution in [0.3, 0.4) is 0 Å². The number of aromatic nitrogens is 5. The van der Waals surface area contributed by atoms with Crippen molar-refractivity contribution in [2.75, 3.05) is 13.6 Å². The second-order valence-electron chi connectivity index (χ2n) is 5.12. The number of nitrogens with zero attached hydrogens (tertiary/aromatic N) is 5. The highest BCUT2D eigenvalue weighted by molar-refractivity contribution is 5.95. The van der Waals surface area contributed by atoms with E-state index in [2.05, 4.69) is 20.6 Å². The van der Waals surface area contributed by atoms with Crippen LogP contribution in [-0.4, -0.2) is 49.4 Å². The summed E-state index contributed by atoms with van der Waals surface area (Å²) in [6.07, 6.45) is 3.77. The zero-order valence-electron chi connectivity index (χ0n) is 11.9. The number of H-pyrrole nitrogens is 1. The number of carbonyl (C=O) groups excluding carboxylic acids is 1. The minimum absolute atomic E-state index is 0.0194. The number of aromatic amines is 1. The summed E-state index contributed by atoms with van der Waals surface area (Å²) < 4.78 is 1.93. The van der Waals surface area contributed by atoms with Crippen LogP contribution in [0.5, 0.6) is 0 Å². The number of tetrazole rings is 1. The molecule has 0 aliphatic rings. The Bertz CT molecular complexity index is 715. The number of carbonyl (C=O) groups is 1. The molecule has 0 radical (unpaired) electrons. The number of amides is 1. The topological polar surface area (TPSA) is 79.2 Å². The second-order valence-corrected chi connectivity index (χ2v) is 5.12. The number of likely N-dealkylation sites (N-methyl/N-ethyl adjacent to an activating group) is 1. The van der Waals surface area contributed by atoms with Gasteiger partial charge in [0, 0.05) is 37.4 Å². The number of hydrogen-bond acceptors (Lipinski definition) is 4. The molecule has 7 nitrogen and oxygen atoms in total. The Kier molecular flexibility index (Phi) is 3.39. The van der Waals surface area contributed by atoms with Gasteiger partial charge in [-0.05, 0) is 18.2 Å². The van der Waals surface area contributed by atoms with Crippen LogP contribution in [0, 0.1) is 0 Å². The molecule has 0 unspecified atom stereocenters. The Morgan fingerprint density at radius 1 is 1.48 bits per heavy atom. The third-order valence-corrected chi connectivity index (χ3v) is 3.45. The van der Waals surface area contributed by atoms with E-state index in [1.165, 1.54) is 0 Å². The lowest BCUT2D eigenvalue weighted by atomic mass is 10.1. The molecule has 0 saturated carbocycles. The number of rotatable bonds is 4. The van der Waals surface area contributed by atoms with Gasteiger partial charge in [-0.1, -0.05) is 18.2 Å². The molecule has 1 N–H and O–H groups in total. The summed E-state index contributed by atoms with van der Waals surface area (Å²) in [5.74, 6) is 0.612. The smallest absolute Gasteiger partial charge is 0.255 e. The lowest BCUT2D eigenvalue weighted by molar-refractivity contribution is 0.0787. The van der Waals surface area contributed by atoms with Gasteiger partial charge in [0.25, 0.3) is 5.91 Å². The van der Waals surface area contributed by atoms with Crippen LogP contribution < -0.4 is 0 Å². The maximum Gasteiger partial charge on any atom is 0.255 e. The van der Waals surface area contributed by atoms with Crippen molar-refractivity contribution in [2.45, 2.75) is 12.8 Å². The van der Waals surface area contributed by atoms with E-state index in [1.54, 1.807) is 11.9 Å². The van der Waals surface area contributed by atoms with E-state index >= 15 is 0 Å². The van der Waals surface area contributed by atoms with E-state index in [-0.39, 0.29) is 11.8 Å². The molecule has 3 heterocycles. The number of nitrogens with one attached hydrogen (secondary N) is 1. The van der Waals surface area contributed by atoms with E-state index in [9.17, 15) is 4.79 Å². The van der Waals surface area contributed by atoms with Gasteiger partial charge in [0.1, 0.15) is 0 Å². The van der Waals surface area contributed by atoms with Crippen molar-refractivity contribution >= 4 is 11.4 Å². The number of fused-ring (bicyclic) bond motifs is 1. The quantitative estimate of drug-likeness (QED) is 0.784. The lowest BCUT2D eigenvalue weighted by Gasteiger charge is -2.19. The van der Waals surface area contributed by atoms with Crippen molar-refractivity contribution < 1.29 is 4.79 Å². The molecular formula is C14H16N6O. The van der Waals surface area contributed by atoms with Gasteiger partial charge < -0.3 is 9.30 Å². The van der Waals surface area contributed by atoms with Gasteiger partial charge in [0.2, 0.25) is 0 Å². The molecule has 0 bridgehead atoms. The van der Waals surface area contributed by atoms with Gasteiger partial charge in [-0.3, -0.25) is 4.79 Å². The van der Waals surface area contributed by atoms with Crippen LogP contribution in [0.4, 0.5) is 0 Å². The molecule has 0 aliphatic heterocycles. The van der Waals surface area contributed by atoms with Gasteiger partial charge in [-0.2, -0.15) is 5.21 Å². The van der Waals surface area contributed by atoms with Crippen LogP contribution >= 0.6 is 0 Å². The molecule has 7 heteroatoms. The highest BCUT2D eigenvalue weighted by Gasteiger charge is 2.18. The number of pyridine rings is 1. The summed E-state index contributed by atoms with van der Waals surface area (Å²) >= 11 is 0. The minimum Gasteiger partial charge on any atom is -0.341 e. The summed E-state index contributed by atoms with van der Waals surface area (Å²) in [5, 5.41) is 13.9. The second kappa shape index (κ2) is 5.35. The predicted molar refractivity (Wildman–Crippen MR) is 77.0 cm³/mol. The summed E-state index contributed by atoms with van der Waals surface area (Å²) in [4.78, 5) is 14.1. The van der Waals surface area contributed by atoms with Crippen molar-refractivity contribution in [3.63, 3.8) is 0 Å². The van der Waals surface area contributed by atoms with Crippen LogP contribution in [0.2, 0.25) is 0 Å². The Balaban J connectivity index is 1.74. The van der Waals surface area contributed by atoms with E-state index in [1.807, 2.05) is 48.0 Å². The molecule has 108 valence electrons. The van der Waals surface area contributed by atoms with Crippen molar-refractivity contribution in [1.82, 2.24) is 29.9 Å².